The van der Waals surface area contributed by atoms with Crippen molar-refractivity contribution in [3.05, 3.63) is 35.0 Å². The van der Waals surface area contributed by atoms with Crippen molar-refractivity contribution < 1.29 is 14.4 Å². The summed E-state index contributed by atoms with van der Waals surface area (Å²) in [6, 6.07) is 3.19. The lowest BCUT2D eigenvalue weighted by Gasteiger charge is -2.04. The Kier molecular flexibility index (Phi) is 3.22. The number of nitrogens with one attached hydrogen (secondary N) is 1. The van der Waals surface area contributed by atoms with Gasteiger partial charge < -0.3 is 14.9 Å². The van der Waals surface area contributed by atoms with Crippen molar-refractivity contribution in [2.45, 2.75) is 20.4 Å². The minimum atomic E-state index is -1.08. The van der Waals surface area contributed by atoms with Gasteiger partial charge in [-0.1, -0.05) is 5.16 Å². The maximum absolute atomic E-state index is 10.8. The van der Waals surface area contributed by atoms with Crippen LogP contribution in [0.4, 0.5) is 5.95 Å². The lowest BCUT2D eigenvalue weighted by atomic mass is 10.3. The normalized spacial score (nSPS) is 10.3. The molecule has 0 atom stereocenters. The Labute approximate surface area is 103 Å². The molecule has 18 heavy (non-hydrogen) atoms. The molecule has 0 radical (unpaired) electrons. The molecule has 2 aromatic rings. The number of anilines is 1. The highest BCUT2D eigenvalue weighted by molar-refractivity contribution is 5.85. The van der Waals surface area contributed by atoms with Crippen LogP contribution in [-0.4, -0.2) is 26.2 Å². The Morgan fingerprint density at radius 3 is 2.78 bits per heavy atom. The van der Waals surface area contributed by atoms with Crippen LogP contribution in [-0.2, 0) is 6.54 Å². The summed E-state index contributed by atoms with van der Waals surface area (Å²) in [5.41, 5.74) is 1.25. The second-order valence-corrected chi connectivity index (χ2v) is 3.81. The van der Waals surface area contributed by atoms with Gasteiger partial charge in [-0.25, -0.2) is 14.8 Å². The molecule has 0 saturated carbocycles. The summed E-state index contributed by atoms with van der Waals surface area (Å²) in [4.78, 5) is 18.8. The predicted molar refractivity (Wildman–Crippen MR) is 62.3 cm³/mol. The molecule has 0 saturated heterocycles. The maximum atomic E-state index is 10.8. The van der Waals surface area contributed by atoms with Crippen molar-refractivity contribution >= 4 is 11.9 Å². The minimum absolute atomic E-state index is 0.0404. The Hall–Kier alpha value is -2.44. The van der Waals surface area contributed by atoms with Crippen molar-refractivity contribution in [1.29, 1.82) is 0 Å². The third-order valence-corrected chi connectivity index (χ3v) is 2.18. The van der Waals surface area contributed by atoms with Crippen LogP contribution in [0.2, 0.25) is 0 Å². The van der Waals surface area contributed by atoms with E-state index >= 15 is 0 Å². The molecule has 94 valence electrons. The summed E-state index contributed by atoms with van der Waals surface area (Å²) in [5.74, 6) is -0.114. The number of carboxylic acid groups (broad SMARTS) is 1. The molecule has 2 N–H and O–H groups in total. The van der Waals surface area contributed by atoms with Crippen LogP contribution in [0.25, 0.3) is 0 Å². The number of rotatable bonds is 4. The zero-order chi connectivity index (χ0) is 13.1. The number of nitrogens with zero attached hydrogens (tertiary/aromatic N) is 3. The van der Waals surface area contributed by atoms with Gasteiger partial charge in [-0.3, -0.25) is 0 Å². The Balaban J connectivity index is 2.11. The van der Waals surface area contributed by atoms with Gasteiger partial charge in [-0.05, 0) is 19.9 Å². The predicted octanol–water partition coefficient (Wildman–Crippen LogP) is 1.39. The summed E-state index contributed by atoms with van der Waals surface area (Å²) >= 11 is 0. The van der Waals surface area contributed by atoms with Crippen LogP contribution in [0.3, 0.4) is 0 Å². The van der Waals surface area contributed by atoms with Crippen molar-refractivity contribution in [2.24, 2.45) is 0 Å². The van der Waals surface area contributed by atoms with Gasteiger partial charge in [0.1, 0.15) is 11.5 Å². The van der Waals surface area contributed by atoms with E-state index in [0.29, 0.717) is 23.7 Å². The smallest absolute Gasteiger partial charge is 0.354 e. The van der Waals surface area contributed by atoms with Crippen LogP contribution < -0.4 is 5.32 Å². The largest absolute Gasteiger partial charge is 0.477 e. The van der Waals surface area contributed by atoms with Gasteiger partial charge in [0.25, 0.3) is 0 Å². The Morgan fingerprint density at radius 2 is 2.17 bits per heavy atom. The highest BCUT2D eigenvalue weighted by atomic mass is 16.5. The highest BCUT2D eigenvalue weighted by Crippen LogP contribution is 2.07. The molecule has 0 unspecified atom stereocenters. The van der Waals surface area contributed by atoms with Gasteiger partial charge in [-0.2, -0.15) is 0 Å². The minimum Gasteiger partial charge on any atom is -0.477 e. The van der Waals surface area contributed by atoms with E-state index in [2.05, 4.69) is 20.4 Å². The average molecular weight is 248 g/mol. The van der Waals surface area contributed by atoms with E-state index in [-0.39, 0.29) is 11.6 Å². The van der Waals surface area contributed by atoms with E-state index in [1.807, 2.05) is 0 Å². The third-order valence-electron chi connectivity index (χ3n) is 2.18. The first kappa shape index (κ1) is 12.0. The second-order valence-electron chi connectivity index (χ2n) is 3.81. The molecule has 0 aliphatic carbocycles. The first-order chi connectivity index (χ1) is 8.54. The van der Waals surface area contributed by atoms with Gasteiger partial charge in [-0.15, -0.1) is 0 Å². The molecule has 2 aromatic heterocycles. The molecule has 0 fully saturated rings. The van der Waals surface area contributed by atoms with E-state index in [1.165, 1.54) is 6.07 Å². The molecule has 0 bridgehead atoms. The number of aromatic carboxylic acids is 1. The zero-order valence-electron chi connectivity index (χ0n) is 9.97. The molecular formula is C11H12N4O3. The second kappa shape index (κ2) is 4.82. The summed E-state index contributed by atoms with van der Waals surface area (Å²) in [6.07, 6.45) is 0. The van der Waals surface area contributed by atoms with E-state index in [1.54, 1.807) is 19.9 Å². The van der Waals surface area contributed by atoms with Crippen LogP contribution in [0.15, 0.2) is 16.7 Å². The number of carbonyl (C=O) groups is 1. The molecule has 0 amide bonds. The summed E-state index contributed by atoms with van der Waals surface area (Å²) in [6.45, 7) is 3.88. The standard InChI is InChI=1S/C11H12N4O3/c1-6-3-9(10(16)17)14-11(13-6)12-5-8-4-7(2)18-15-8/h3-4H,5H2,1-2H3,(H,16,17)(H,12,13,14). The summed E-state index contributed by atoms with van der Waals surface area (Å²) < 4.78 is 4.91. The van der Waals surface area contributed by atoms with Crippen molar-refractivity contribution in [3.63, 3.8) is 0 Å². The molecule has 2 heterocycles. The number of aryl methyl sites for hydroxylation is 2. The summed E-state index contributed by atoms with van der Waals surface area (Å²) in [5, 5.41) is 15.6. The molecule has 0 aliphatic rings. The SMILES string of the molecule is Cc1cc(C(=O)O)nc(NCc2cc(C)on2)n1. The molecule has 2 rings (SSSR count). The highest BCUT2D eigenvalue weighted by Gasteiger charge is 2.09. The van der Waals surface area contributed by atoms with Crippen molar-refractivity contribution in [3.8, 4) is 0 Å². The van der Waals surface area contributed by atoms with Gasteiger partial charge in [0.05, 0.1) is 6.54 Å². The van der Waals surface area contributed by atoms with Crippen LogP contribution in [0.1, 0.15) is 27.6 Å². The van der Waals surface area contributed by atoms with E-state index in [4.69, 9.17) is 9.63 Å². The molecule has 7 nitrogen and oxygen atoms in total. The van der Waals surface area contributed by atoms with Crippen molar-refractivity contribution in [1.82, 2.24) is 15.1 Å². The number of aromatic nitrogens is 3. The topological polar surface area (TPSA) is 101 Å². The average Bonchev–Trinajstić information content (AvgIpc) is 2.72. The van der Waals surface area contributed by atoms with Crippen LogP contribution >= 0.6 is 0 Å². The lowest BCUT2D eigenvalue weighted by Crippen LogP contribution is -2.09. The third kappa shape index (κ3) is 2.82. The number of hydrogen-bond acceptors (Lipinski definition) is 6. The molecular weight excluding hydrogens is 236 g/mol. The monoisotopic (exact) mass is 248 g/mol. The Morgan fingerprint density at radius 1 is 1.39 bits per heavy atom. The molecule has 0 spiro atoms. The van der Waals surface area contributed by atoms with Gasteiger partial charge >= 0.3 is 5.97 Å². The molecule has 0 aromatic carbocycles. The lowest BCUT2D eigenvalue weighted by molar-refractivity contribution is 0.0690. The van der Waals surface area contributed by atoms with Gasteiger partial charge in [0.2, 0.25) is 5.95 Å². The van der Waals surface area contributed by atoms with Crippen LogP contribution in [0, 0.1) is 13.8 Å². The fourth-order valence-electron chi connectivity index (χ4n) is 1.43. The fourth-order valence-corrected chi connectivity index (χ4v) is 1.43. The fraction of sp³-hybridized carbons (Fsp3) is 0.273. The Bertz CT molecular complexity index is 579. The van der Waals surface area contributed by atoms with Gasteiger partial charge in [0, 0.05) is 11.8 Å². The summed E-state index contributed by atoms with van der Waals surface area (Å²) in [7, 11) is 0. The van der Waals surface area contributed by atoms with E-state index < -0.39 is 5.97 Å². The van der Waals surface area contributed by atoms with Gasteiger partial charge in [0.15, 0.2) is 5.69 Å². The first-order valence-corrected chi connectivity index (χ1v) is 5.29. The van der Waals surface area contributed by atoms with E-state index in [0.717, 1.165) is 0 Å². The quantitative estimate of drug-likeness (QED) is 0.842. The molecule has 7 heteroatoms. The maximum Gasteiger partial charge on any atom is 0.354 e. The zero-order valence-corrected chi connectivity index (χ0v) is 9.97. The first-order valence-electron chi connectivity index (χ1n) is 5.29. The van der Waals surface area contributed by atoms with Crippen molar-refractivity contribution in [2.75, 3.05) is 5.32 Å². The number of hydrogen-bond donors (Lipinski definition) is 2. The molecule has 0 aliphatic heterocycles. The van der Waals surface area contributed by atoms with E-state index in [9.17, 15) is 4.79 Å². The number of carboxylic acids is 1. The van der Waals surface area contributed by atoms with Crippen LogP contribution in [0.5, 0.6) is 0 Å².